The molecule has 5 nitrogen and oxygen atoms in total. The van der Waals surface area contributed by atoms with Gasteiger partial charge in [0.15, 0.2) is 5.82 Å². The lowest BCUT2D eigenvalue weighted by molar-refractivity contribution is -0.115. The number of carbonyl (C=O) groups is 1. The molecule has 2 aromatic rings. The molecule has 0 unspecified atom stereocenters. The van der Waals surface area contributed by atoms with Crippen LogP contribution in [0.1, 0.15) is 11.7 Å². The van der Waals surface area contributed by atoms with Crippen molar-refractivity contribution >= 4 is 34.8 Å². The largest absolute Gasteiger partial charge is 0.340 e. The van der Waals surface area contributed by atoms with Gasteiger partial charge < -0.3 is 9.84 Å². The number of anilines is 1. The highest BCUT2D eigenvalue weighted by molar-refractivity contribution is 6.36. The van der Waals surface area contributed by atoms with E-state index < -0.39 is 0 Å². The number of aryl methyl sites for hydroxylation is 1. The van der Waals surface area contributed by atoms with Crippen LogP contribution in [0, 0.1) is 6.92 Å². The van der Waals surface area contributed by atoms with E-state index in [-0.39, 0.29) is 12.3 Å². The van der Waals surface area contributed by atoms with Gasteiger partial charge in [0.25, 0.3) is 0 Å². The Morgan fingerprint density at radius 1 is 1.44 bits per heavy atom. The van der Waals surface area contributed by atoms with Gasteiger partial charge in [0, 0.05) is 11.9 Å². The van der Waals surface area contributed by atoms with E-state index in [1.54, 1.807) is 25.1 Å². The average molecular weight is 286 g/mol. The molecular weight excluding hydrogens is 277 g/mol. The third kappa shape index (κ3) is 3.21. The molecule has 0 bridgehead atoms. The number of aromatic nitrogens is 2. The molecule has 0 saturated heterocycles. The van der Waals surface area contributed by atoms with E-state index in [1.807, 2.05) is 0 Å². The highest BCUT2D eigenvalue weighted by atomic mass is 35.5. The Bertz CT molecular complexity index is 583. The van der Waals surface area contributed by atoms with E-state index in [0.29, 0.717) is 27.4 Å². The minimum Gasteiger partial charge on any atom is -0.340 e. The van der Waals surface area contributed by atoms with Crippen molar-refractivity contribution in [2.24, 2.45) is 0 Å². The maximum atomic E-state index is 11.7. The molecule has 0 saturated carbocycles. The summed E-state index contributed by atoms with van der Waals surface area (Å²) in [5.41, 5.74) is 0.492. The molecule has 0 aliphatic carbocycles. The lowest BCUT2D eigenvalue weighted by atomic mass is 10.3. The molecule has 1 amide bonds. The summed E-state index contributed by atoms with van der Waals surface area (Å²) in [5, 5.41) is 7.16. The summed E-state index contributed by atoms with van der Waals surface area (Å²) in [6, 6.07) is 4.82. The molecule has 1 N–H and O–H groups in total. The zero-order chi connectivity index (χ0) is 13.1. The number of nitrogens with one attached hydrogen (secondary N) is 1. The normalized spacial score (nSPS) is 10.4. The standard InChI is InChI=1S/C11H9Cl2N3O2/c1-6-14-10(16-18-6)5-11(17)15-9-3-2-7(12)4-8(9)13/h2-4H,5H2,1H3,(H,15,17). The lowest BCUT2D eigenvalue weighted by Crippen LogP contribution is -2.15. The van der Waals surface area contributed by atoms with Crippen LogP contribution >= 0.6 is 23.2 Å². The number of carbonyl (C=O) groups excluding carboxylic acids is 1. The number of nitrogens with zero attached hydrogens (tertiary/aromatic N) is 2. The molecule has 18 heavy (non-hydrogen) atoms. The van der Waals surface area contributed by atoms with E-state index in [1.165, 1.54) is 0 Å². The van der Waals surface area contributed by atoms with E-state index in [2.05, 4.69) is 15.5 Å². The van der Waals surface area contributed by atoms with Crippen molar-refractivity contribution in [1.29, 1.82) is 0 Å². The Morgan fingerprint density at radius 2 is 2.22 bits per heavy atom. The van der Waals surface area contributed by atoms with Crippen molar-refractivity contribution in [1.82, 2.24) is 10.1 Å². The van der Waals surface area contributed by atoms with Gasteiger partial charge >= 0.3 is 0 Å². The summed E-state index contributed by atoms with van der Waals surface area (Å²) in [4.78, 5) is 15.6. The first-order chi connectivity index (χ1) is 8.54. The fourth-order valence-electron chi connectivity index (χ4n) is 1.34. The molecule has 0 aliphatic heterocycles. The maximum absolute atomic E-state index is 11.7. The van der Waals surface area contributed by atoms with E-state index in [4.69, 9.17) is 27.7 Å². The fraction of sp³-hybridized carbons (Fsp3) is 0.182. The zero-order valence-electron chi connectivity index (χ0n) is 9.41. The first-order valence-electron chi connectivity index (χ1n) is 5.08. The van der Waals surface area contributed by atoms with Gasteiger partial charge in [-0.05, 0) is 18.2 Å². The monoisotopic (exact) mass is 285 g/mol. The van der Waals surface area contributed by atoms with Crippen molar-refractivity contribution in [3.05, 3.63) is 40.0 Å². The second-order valence-corrected chi connectivity index (χ2v) is 4.42. The molecule has 1 aromatic heterocycles. The number of benzene rings is 1. The third-order valence-electron chi connectivity index (χ3n) is 2.09. The van der Waals surface area contributed by atoms with Crippen LogP contribution in [-0.2, 0) is 11.2 Å². The van der Waals surface area contributed by atoms with E-state index in [9.17, 15) is 4.79 Å². The Hall–Kier alpha value is -1.59. The van der Waals surface area contributed by atoms with E-state index in [0.717, 1.165) is 0 Å². The molecule has 1 heterocycles. The summed E-state index contributed by atoms with van der Waals surface area (Å²) >= 11 is 11.7. The fourth-order valence-corrected chi connectivity index (χ4v) is 1.80. The summed E-state index contributed by atoms with van der Waals surface area (Å²) in [5.74, 6) is 0.470. The van der Waals surface area contributed by atoms with Crippen LogP contribution in [0.3, 0.4) is 0 Å². The Balaban J connectivity index is 2.03. The van der Waals surface area contributed by atoms with Gasteiger partial charge in [-0.15, -0.1) is 0 Å². The number of rotatable bonds is 3. The van der Waals surface area contributed by atoms with Crippen LogP contribution in [0.4, 0.5) is 5.69 Å². The van der Waals surface area contributed by atoms with Crippen molar-refractivity contribution in [3.8, 4) is 0 Å². The van der Waals surface area contributed by atoms with E-state index >= 15 is 0 Å². The molecule has 0 spiro atoms. The first-order valence-corrected chi connectivity index (χ1v) is 5.84. The van der Waals surface area contributed by atoms with Gasteiger partial charge in [0.2, 0.25) is 11.8 Å². The van der Waals surface area contributed by atoms with Gasteiger partial charge in [0.05, 0.1) is 17.1 Å². The van der Waals surface area contributed by atoms with Crippen LogP contribution in [0.25, 0.3) is 0 Å². The molecule has 0 aliphatic rings. The zero-order valence-corrected chi connectivity index (χ0v) is 10.9. The summed E-state index contributed by atoms with van der Waals surface area (Å²) < 4.78 is 4.77. The maximum Gasteiger partial charge on any atom is 0.232 e. The first kappa shape index (κ1) is 12.9. The molecule has 94 valence electrons. The van der Waals surface area contributed by atoms with Crippen molar-refractivity contribution in [2.45, 2.75) is 13.3 Å². The Morgan fingerprint density at radius 3 is 2.83 bits per heavy atom. The van der Waals surface area contributed by atoms with Gasteiger partial charge in [-0.2, -0.15) is 4.98 Å². The SMILES string of the molecule is Cc1nc(CC(=O)Nc2ccc(Cl)cc2Cl)no1. The molecule has 2 rings (SSSR count). The number of hydrogen-bond donors (Lipinski definition) is 1. The predicted octanol–water partition coefficient (Wildman–Crippen LogP) is 2.87. The van der Waals surface area contributed by atoms with Gasteiger partial charge in [-0.3, -0.25) is 4.79 Å². The van der Waals surface area contributed by atoms with Crippen LogP contribution in [0.15, 0.2) is 22.7 Å². The average Bonchev–Trinajstić information content (AvgIpc) is 2.68. The number of halogens is 2. The van der Waals surface area contributed by atoms with Crippen LogP contribution in [0.2, 0.25) is 10.0 Å². The van der Waals surface area contributed by atoms with Crippen molar-refractivity contribution in [2.75, 3.05) is 5.32 Å². The van der Waals surface area contributed by atoms with Gasteiger partial charge in [-0.25, -0.2) is 0 Å². The summed E-state index contributed by atoms with van der Waals surface area (Å²) in [7, 11) is 0. The Kier molecular flexibility index (Phi) is 3.84. The second-order valence-electron chi connectivity index (χ2n) is 3.58. The topological polar surface area (TPSA) is 68.0 Å². The minimum absolute atomic E-state index is 0.0241. The molecule has 0 atom stereocenters. The van der Waals surface area contributed by atoms with Crippen molar-refractivity contribution < 1.29 is 9.32 Å². The molecule has 0 fully saturated rings. The quantitative estimate of drug-likeness (QED) is 0.942. The molecule has 7 heteroatoms. The van der Waals surface area contributed by atoms with Gasteiger partial charge in [-0.1, -0.05) is 28.4 Å². The number of amides is 1. The Labute approximate surface area is 113 Å². The highest BCUT2D eigenvalue weighted by Crippen LogP contribution is 2.25. The van der Waals surface area contributed by atoms with Gasteiger partial charge in [0.1, 0.15) is 0 Å². The lowest BCUT2D eigenvalue weighted by Gasteiger charge is -2.05. The predicted molar refractivity (Wildman–Crippen MR) is 67.8 cm³/mol. The summed E-state index contributed by atoms with van der Waals surface area (Å²) in [6.45, 7) is 1.66. The smallest absolute Gasteiger partial charge is 0.232 e. The molecule has 1 aromatic carbocycles. The van der Waals surface area contributed by atoms with Crippen molar-refractivity contribution in [3.63, 3.8) is 0 Å². The molecular formula is C11H9Cl2N3O2. The highest BCUT2D eigenvalue weighted by Gasteiger charge is 2.11. The van der Waals surface area contributed by atoms with Crippen LogP contribution in [0.5, 0.6) is 0 Å². The summed E-state index contributed by atoms with van der Waals surface area (Å²) in [6.07, 6.45) is 0.0241. The second kappa shape index (κ2) is 5.37. The van der Waals surface area contributed by atoms with Crippen LogP contribution < -0.4 is 5.32 Å². The minimum atomic E-state index is -0.278. The number of hydrogen-bond acceptors (Lipinski definition) is 4. The van der Waals surface area contributed by atoms with Crippen LogP contribution in [-0.4, -0.2) is 16.0 Å². The molecule has 0 radical (unpaired) electrons. The third-order valence-corrected chi connectivity index (χ3v) is 2.64.